The van der Waals surface area contributed by atoms with Gasteiger partial charge in [0.2, 0.25) is 6.41 Å². The van der Waals surface area contributed by atoms with Crippen LogP contribution in [0, 0.1) is 0 Å². The van der Waals surface area contributed by atoms with Gasteiger partial charge in [0.1, 0.15) is 18.5 Å². The van der Waals surface area contributed by atoms with Crippen LogP contribution in [0.4, 0.5) is 0 Å². The third-order valence-corrected chi connectivity index (χ3v) is 3.59. The average molecular weight is 292 g/mol. The lowest BCUT2D eigenvalue weighted by atomic mass is 9.99. The van der Waals surface area contributed by atoms with Crippen molar-refractivity contribution in [3.63, 3.8) is 0 Å². The van der Waals surface area contributed by atoms with Gasteiger partial charge < -0.3 is 20.1 Å². The maximum atomic E-state index is 10.9. The molecule has 1 unspecified atom stereocenters. The minimum atomic E-state index is -0.529. The van der Waals surface area contributed by atoms with E-state index in [1.54, 1.807) is 4.90 Å². The summed E-state index contributed by atoms with van der Waals surface area (Å²) in [5.74, 6) is 0.821. The largest absolute Gasteiger partial charge is 0.491 e. The summed E-state index contributed by atoms with van der Waals surface area (Å²) < 4.78 is 5.77. The highest BCUT2D eigenvalue weighted by molar-refractivity contribution is 5.51. The minimum Gasteiger partial charge on any atom is -0.491 e. The number of nitrogens with one attached hydrogen (secondary N) is 1. The number of aliphatic hydroxyl groups is 1. The Morgan fingerprint density at radius 2 is 2.29 bits per heavy atom. The molecule has 116 valence electrons. The van der Waals surface area contributed by atoms with E-state index in [0.29, 0.717) is 25.7 Å². The third kappa shape index (κ3) is 4.44. The number of nitrogens with zero attached hydrogens (tertiary/aromatic N) is 1. The SMILES string of the molecule is CC(C)NCC(O)COc1cccc2c1CCN(C=O)C2. The van der Waals surface area contributed by atoms with Gasteiger partial charge in [-0.3, -0.25) is 4.79 Å². The first-order valence-electron chi connectivity index (χ1n) is 7.44. The lowest BCUT2D eigenvalue weighted by molar-refractivity contribution is -0.118. The van der Waals surface area contributed by atoms with Crippen LogP contribution < -0.4 is 10.1 Å². The average Bonchev–Trinajstić information content (AvgIpc) is 2.50. The number of amides is 1. The number of fused-ring (bicyclic) bond motifs is 1. The maximum Gasteiger partial charge on any atom is 0.210 e. The monoisotopic (exact) mass is 292 g/mol. The molecule has 1 amide bonds. The zero-order valence-electron chi connectivity index (χ0n) is 12.7. The summed E-state index contributed by atoms with van der Waals surface area (Å²) in [5, 5.41) is 13.1. The Morgan fingerprint density at radius 3 is 3.00 bits per heavy atom. The molecule has 0 saturated carbocycles. The normalized spacial score (nSPS) is 15.7. The van der Waals surface area contributed by atoms with Gasteiger partial charge in [-0.25, -0.2) is 0 Å². The molecule has 5 nitrogen and oxygen atoms in total. The predicted octanol–water partition coefficient (Wildman–Crippen LogP) is 0.939. The van der Waals surface area contributed by atoms with Crippen molar-refractivity contribution in [2.45, 2.75) is 39.0 Å². The summed E-state index contributed by atoms with van der Waals surface area (Å²) in [6.07, 6.45) is 1.15. The van der Waals surface area contributed by atoms with Gasteiger partial charge in [0.05, 0.1) is 0 Å². The van der Waals surface area contributed by atoms with Crippen molar-refractivity contribution in [2.24, 2.45) is 0 Å². The molecule has 21 heavy (non-hydrogen) atoms. The van der Waals surface area contributed by atoms with Gasteiger partial charge in [0, 0.05) is 31.2 Å². The van der Waals surface area contributed by atoms with Crippen LogP contribution in [0.3, 0.4) is 0 Å². The zero-order valence-corrected chi connectivity index (χ0v) is 12.7. The second-order valence-corrected chi connectivity index (χ2v) is 5.75. The molecule has 0 radical (unpaired) electrons. The van der Waals surface area contributed by atoms with E-state index in [-0.39, 0.29) is 6.61 Å². The summed E-state index contributed by atoms with van der Waals surface area (Å²) in [4.78, 5) is 12.6. The Labute approximate surface area is 125 Å². The number of rotatable bonds is 7. The lowest BCUT2D eigenvalue weighted by Gasteiger charge is -2.27. The predicted molar refractivity (Wildman–Crippen MR) is 81.3 cm³/mol. The molecule has 1 aliphatic heterocycles. The molecular formula is C16H24N2O3. The molecule has 5 heteroatoms. The van der Waals surface area contributed by atoms with Crippen LogP contribution >= 0.6 is 0 Å². The van der Waals surface area contributed by atoms with Crippen molar-refractivity contribution in [3.8, 4) is 5.75 Å². The van der Waals surface area contributed by atoms with E-state index >= 15 is 0 Å². The van der Waals surface area contributed by atoms with Crippen LogP contribution in [-0.2, 0) is 17.8 Å². The summed E-state index contributed by atoms with van der Waals surface area (Å²) in [7, 11) is 0. The van der Waals surface area contributed by atoms with E-state index in [4.69, 9.17) is 4.74 Å². The molecule has 0 saturated heterocycles. The van der Waals surface area contributed by atoms with Gasteiger partial charge in [0.25, 0.3) is 0 Å². The standard InChI is InChI=1S/C16H24N2O3/c1-12(2)17-8-14(20)10-21-16-5-3-4-13-9-18(11-19)7-6-15(13)16/h3-5,11-12,14,17,20H,6-10H2,1-2H3. The Kier molecular flexibility index (Phi) is 5.59. The number of hydrogen-bond acceptors (Lipinski definition) is 4. The fraction of sp³-hybridized carbons (Fsp3) is 0.562. The third-order valence-electron chi connectivity index (χ3n) is 3.59. The molecule has 2 N–H and O–H groups in total. The lowest BCUT2D eigenvalue weighted by Crippen LogP contribution is -2.35. The van der Waals surface area contributed by atoms with Gasteiger partial charge in [-0.2, -0.15) is 0 Å². The summed E-state index contributed by atoms with van der Waals surface area (Å²) >= 11 is 0. The van der Waals surface area contributed by atoms with Gasteiger partial charge in [0.15, 0.2) is 0 Å². The van der Waals surface area contributed by atoms with E-state index in [0.717, 1.165) is 29.7 Å². The minimum absolute atomic E-state index is 0.271. The van der Waals surface area contributed by atoms with Gasteiger partial charge in [-0.05, 0) is 18.1 Å². The highest BCUT2D eigenvalue weighted by Crippen LogP contribution is 2.27. The topological polar surface area (TPSA) is 61.8 Å². The van der Waals surface area contributed by atoms with E-state index in [1.807, 2.05) is 32.0 Å². The molecule has 0 fully saturated rings. The van der Waals surface area contributed by atoms with Crippen LogP contribution in [0.5, 0.6) is 5.75 Å². The zero-order chi connectivity index (χ0) is 15.2. The second-order valence-electron chi connectivity index (χ2n) is 5.75. The first-order chi connectivity index (χ1) is 10.1. The van der Waals surface area contributed by atoms with Gasteiger partial charge in [-0.1, -0.05) is 26.0 Å². The van der Waals surface area contributed by atoms with Crippen LogP contribution in [0.25, 0.3) is 0 Å². The fourth-order valence-electron chi connectivity index (χ4n) is 2.44. The Balaban J connectivity index is 1.94. The van der Waals surface area contributed by atoms with E-state index in [9.17, 15) is 9.90 Å². The van der Waals surface area contributed by atoms with Gasteiger partial charge in [-0.15, -0.1) is 0 Å². The highest BCUT2D eigenvalue weighted by Gasteiger charge is 2.18. The summed E-state index contributed by atoms with van der Waals surface area (Å²) in [6.45, 7) is 6.22. The molecule has 0 aliphatic carbocycles. The first-order valence-corrected chi connectivity index (χ1v) is 7.44. The molecule has 1 heterocycles. The molecule has 0 aromatic heterocycles. The Bertz CT molecular complexity index is 477. The van der Waals surface area contributed by atoms with Crippen LogP contribution in [-0.4, -0.2) is 48.3 Å². The van der Waals surface area contributed by atoms with Crippen molar-refractivity contribution >= 4 is 6.41 Å². The molecule has 0 spiro atoms. The van der Waals surface area contributed by atoms with Crippen molar-refractivity contribution < 1.29 is 14.6 Å². The van der Waals surface area contributed by atoms with Crippen LogP contribution in [0.15, 0.2) is 18.2 Å². The first kappa shape index (κ1) is 15.8. The molecule has 2 rings (SSSR count). The van der Waals surface area contributed by atoms with Crippen LogP contribution in [0.2, 0.25) is 0 Å². The molecule has 1 aromatic rings. The number of carbonyl (C=O) groups excluding carboxylic acids is 1. The molecule has 1 aromatic carbocycles. The van der Waals surface area contributed by atoms with E-state index in [1.165, 1.54) is 0 Å². The van der Waals surface area contributed by atoms with E-state index < -0.39 is 6.10 Å². The van der Waals surface area contributed by atoms with Crippen molar-refractivity contribution in [1.82, 2.24) is 10.2 Å². The Morgan fingerprint density at radius 1 is 1.48 bits per heavy atom. The number of ether oxygens (including phenoxy) is 1. The Hall–Kier alpha value is -1.59. The quantitative estimate of drug-likeness (QED) is 0.734. The van der Waals surface area contributed by atoms with Crippen molar-refractivity contribution in [1.29, 1.82) is 0 Å². The number of carbonyl (C=O) groups is 1. The molecule has 0 bridgehead atoms. The highest BCUT2D eigenvalue weighted by atomic mass is 16.5. The van der Waals surface area contributed by atoms with Crippen LogP contribution in [0.1, 0.15) is 25.0 Å². The van der Waals surface area contributed by atoms with E-state index in [2.05, 4.69) is 5.32 Å². The smallest absolute Gasteiger partial charge is 0.210 e. The summed E-state index contributed by atoms with van der Waals surface area (Å²) in [6, 6.07) is 6.23. The summed E-state index contributed by atoms with van der Waals surface area (Å²) in [5.41, 5.74) is 2.28. The molecule has 1 aliphatic rings. The second kappa shape index (κ2) is 7.43. The van der Waals surface area contributed by atoms with Crippen molar-refractivity contribution in [2.75, 3.05) is 19.7 Å². The van der Waals surface area contributed by atoms with Gasteiger partial charge >= 0.3 is 0 Å². The number of benzene rings is 1. The maximum absolute atomic E-state index is 10.9. The number of hydrogen-bond donors (Lipinski definition) is 2. The number of aliphatic hydroxyl groups excluding tert-OH is 1. The molecular weight excluding hydrogens is 268 g/mol. The molecule has 1 atom stereocenters. The van der Waals surface area contributed by atoms with Crippen molar-refractivity contribution in [3.05, 3.63) is 29.3 Å². The fourth-order valence-corrected chi connectivity index (χ4v) is 2.44.